The number of carbonyl (C=O) groups excluding carboxylic acids is 1. The molecule has 1 aromatic carbocycles. The van der Waals surface area contributed by atoms with E-state index in [4.69, 9.17) is 10.5 Å². The Bertz CT molecular complexity index is 632. The van der Waals surface area contributed by atoms with Gasteiger partial charge in [0, 0.05) is 16.4 Å². The summed E-state index contributed by atoms with van der Waals surface area (Å²) in [5, 5.41) is 3.08. The SMILES string of the molecule is CCOC(=O)c1ccnc(Nc2cccc(Br)c2)c1N. The Morgan fingerprint density at radius 1 is 1.45 bits per heavy atom. The van der Waals surface area contributed by atoms with Crippen molar-refractivity contribution in [3.05, 3.63) is 46.6 Å². The summed E-state index contributed by atoms with van der Waals surface area (Å²) in [6.45, 7) is 2.05. The van der Waals surface area contributed by atoms with Crippen LogP contribution < -0.4 is 11.1 Å². The zero-order valence-corrected chi connectivity index (χ0v) is 12.5. The lowest BCUT2D eigenvalue weighted by Crippen LogP contribution is -2.10. The standard InChI is InChI=1S/C14H14BrN3O2/c1-2-20-14(19)11-6-7-17-13(12(11)16)18-10-5-3-4-9(15)8-10/h3-8H,2,16H2,1H3,(H,17,18). The number of benzene rings is 1. The predicted molar refractivity (Wildman–Crippen MR) is 82.0 cm³/mol. The molecule has 3 N–H and O–H groups in total. The molecule has 0 amide bonds. The number of aromatic nitrogens is 1. The molecular weight excluding hydrogens is 322 g/mol. The van der Waals surface area contributed by atoms with Crippen LogP contribution in [0.4, 0.5) is 17.2 Å². The van der Waals surface area contributed by atoms with E-state index in [-0.39, 0.29) is 5.69 Å². The van der Waals surface area contributed by atoms with Gasteiger partial charge in [-0.25, -0.2) is 9.78 Å². The Morgan fingerprint density at radius 2 is 2.25 bits per heavy atom. The number of pyridine rings is 1. The number of nitrogens with zero attached hydrogens (tertiary/aromatic N) is 1. The number of esters is 1. The van der Waals surface area contributed by atoms with Crippen molar-refractivity contribution in [1.29, 1.82) is 0 Å². The van der Waals surface area contributed by atoms with Crippen molar-refractivity contribution >= 4 is 39.1 Å². The molecule has 0 fully saturated rings. The van der Waals surface area contributed by atoms with Gasteiger partial charge in [-0.1, -0.05) is 22.0 Å². The van der Waals surface area contributed by atoms with Gasteiger partial charge in [0.25, 0.3) is 0 Å². The molecule has 0 spiro atoms. The lowest BCUT2D eigenvalue weighted by atomic mass is 10.2. The number of hydrogen-bond acceptors (Lipinski definition) is 5. The molecule has 1 heterocycles. The second-order valence-corrected chi connectivity index (χ2v) is 4.89. The molecule has 0 bridgehead atoms. The molecule has 1 aromatic heterocycles. The quantitative estimate of drug-likeness (QED) is 0.838. The van der Waals surface area contributed by atoms with Gasteiger partial charge in [0.2, 0.25) is 0 Å². The third-order valence-corrected chi connectivity index (χ3v) is 3.07. The average molecular weight is 336 g/mol. The zero-order valence-electron chi connectivity index (χ0n) is 10.9. The molecule has 6 heteroatoms. The average Bonchev–Trinajstić information content (AvgIpc) is 2.41. The van der Waals surface area contributed by atoms with E-state index in [0.29, 0.717) is 18.0 Å². The Morgan fingerprint density at radius 3 is 2.95 bits per heavy atom. The van der Waals surface area contributed by atoms with Gasteiger partial charge in [0.05, 0.1) is 17.9 Å². The third-order valence-electron chi connectivity index (χ3n) is 2.57. The molecule has 0 unspecified atom stereocenters. The van der Waals surface area contributed by atoms with E-state index in [2.05, 4.69) is 26.2 Å². The van der Waals surface area contributed by atoms with Crippen LogP contribution in [0.2, 0.25) is 0 Å². The predicted octanol–water partition coefficient (Wildman–Crippen LogP) is 3.35. The molecule has 2 aromatic rings. The summed E-state index contributed by atoms with van der Waals surface area (Å²) >= 11 is 3.39. The number of hydrogen-bond donors (Lipinski definition) is 2. The monoisotopic (exact) mass is 335 g/mol. The van der Waals surface area contributed by atoms with E-state index < -0.39 is 5.97 Å². The minimum absolute atomic E-state index is 0.269. The van der Waals surface area contributed by atoms with Crippen LogP contribution in [0.15, 0.2) is 41.0 Å². The highest BCUT2D eigenvalue weighted by Gasteiger charge is 2.14. The number of nitrogens with two attached hydrogens (primary N) is 1. The lowest BCUT2D eigenvalue weighted by Gasteiger charge is -2.11. The maximum Gasteiger partial charge on any atom is 0.340 e. The number of nitrogen functional groups attached to an aromatic ring is 1. The summed E-state index contributed by atoms with van der Waals surface area (Å²) in [7, 11) is 0. The highest BCUT2D eigenvalue weighted by Crippen LogP contribution is 2.25. The Kier molecular flexibility index (Phi) is 4.57. The Labute approximate surface area is 125 Å². The summed E-state index contributed by atoms with van der Waals surface area (Å²) in [6, 6.07) is 9.11. The van der Waals surface area contributed by atoms with Crippen molar-refractivity contribution in [3.8, 4) is 0 Å². The van der Waals surface area contributed by atoms with Crippen LogP contribution >= 0.6 is 15.9 Å². The van der Waals surface area contributed by atoms with Crippen LogP contribution in [0.5, 0.6) is 0 Å². The molecule has 0 atom stereocenters. The number of carbonyl (C=O) groups is 1. The minimum atomic E-state index is -0.454. The Hall–Kier alpha value is -2.08. The minimum Gasteiger partial charge on any atom is -0.462 e. The second-order valence-electron chi connectivity index (χ2n) is 3.98. The number of halogens is 1. The maximum atomic E-state index is 11.8. The fourth-order valence-corrected chi connectivity index (χ4v) is 2.06. The molecule has 0 saturated carbocycles. The van der Waals surface area contributed by atoms with Gasteiger partial charge in [-0.2, -0.15) is 0 Å². The second kappa shape index (κ2) is 6.38. The van der Waals surface area contributed by atoms with Crippen LogP contribution in [0, 0.1) is 0 Å². The zero-order chi connectivity index (χ0) is 14.5. The van der Waals surface area contributed by atoms with E-state index in [1.165, 1.54) is 6.20 Å². The summed E-state index contributed by atoms with van der Waals surface area (Å²) < 4.78 is 5.88. The molecule has 20 heavy (non-hydrogen) atoms. The molecule has 5 nitrogen and oxygen atoms in total. The summed E-state index contributed by atoms with van der Waals surface area (Å²) in [6.07, 6.45) is 1.52. The van der Waals surface area contributed by atoms with Crippen molar-refractivity contribution in [2.75, 3.05) is 17.7 Å². The molecule has 0 aliphatic carbocycles. The van der Waals surface area contributed by atoms with Crippen molar-refractivity contribution in [2.45, 2.75) is 6.92 Å². The smallest absolute Gasteiger partial charge is 0.340 e. The van der Waals surface area contributed by atoms with Gasteiger partial charge in [-0.05, 0) is 31.2 Å². The number of rotatable bonds is 4. The van der Waals surface area contributed by atoms with Gasteiger partial charge >= 0.3 is 5.97 Å². The fourth-order valence-electron chi connectivity index (χ4n) is 1.66. The van der Waals surface area contributed by atoms with Crippen LogP contribution in [-0.4, -0.2) is 17.6 Å². The number of ether oxygens (including phenoxy) is 1. The van der Waals surface area contributed by atoms with Gasteiger partial charge in [0.1, 0.15) is 0 Å². The summed E-state index contributed by atoms with van der Waals surface area (Å²) in [5.74, 6) is -0.0293. The third kappa shape index (κ3) is 3.27. The topological polar surface area (TPSA) is 77.2 Å². The Balaban J connectivity index is 2.29. The highest BCUT2D eigenvalue weighted by atomic mass is 79.9. The van der Waals surface area contributed by atoms with Crippen molar-refractivity contribution in [1.82, 2.24) is 4.98 Å². The van der Waals surface area contributed by atoms with Gasteiger partial charge in [-0.3, -0.25) is 0 Å². The molecule has 0 aliphatic heterocycles. The summed E-state index contributed by atoms with van der Waals surface area (Å²) in [5.41, 5.74) is 7.36. The number of anilines is 3. The van der Waals surface area contributed by atoms with Gasteiger partial charge in [0.15, 0.2) is 5.82 Å². The van der Waals surface area contributed by atoms with E-state index in [1.807, 2.05) is 24.3 Å². The first-order chi connectivity index (χ1) is 9.61. The molecule has 104 valence electrons. The normalized spacial score (nSPS) is 10.1. The lowest BCUT2D eigenvalue weighted by molar-refractivity contribution is 0.0527. The maximum absolute atomic E-state index is 11.8. The fraction of sp³-hybridized carbons (Fsp3) is 0.143. The van der Waals surface area contributed by atoms with Crippen molar-refractivity contribution in [3.63, 3.8) is 0 Å². The van der Waals surface area contributed by atoms with Crippen LogP contribution in [0.3, 0.4) is 0 Å². The number of nitrogens with one attached hydrogen (secondary N) is 1. The van der Waals surface area contributed by atoms with E-state index in [0.717, 1.165) is 10.2 Å². The molecule has 2 rings (SSSR count). The molecule has 0 aliphatic rings. The van der Waals surface area contributed by atoms with Crippen molar-refractivity contribution < 1.29 is 9.53 Å². The van der Waals surface area contributed by atoms with Crippen molar-refractivity contribution in [2.24, 2.45) is 0 Å². The summed E-state index contributed by atoms with van der Waals surface area (Å²) in [4.78, 5) is 15.9. The first-order valence-electron chi connectivity index (χ1n) is 6.06. The van der Waals surface area contributed by atoms with Gasteiger partial charge < -0.3 is 15.8 Å². The first-order valence-corrected chi connectivity index (χ1v) is 6.85. The van der Waals surface area contributed by atoms with E-state index >= 15 is 0 Å². The van der Waals surface area contributed by atoms with Crippen LogP contribution in [-0.2, 0) is 4.74 Å². The molecule has 0 saturated heterocycles. The molecular formula is C14H14BrN3O2. The largest absolute Gasteiger partial charge is 0.462 e. The highest BCUT2D eigenvalue weighted by molar-refractivity contribution is 9.10. The van der Waals surface area contributed by atoms with Crippen LogP contribution in [0.25, 0.3) is 0 Å². The van der Waals surface area contributed by atoms with Gasteiger partial charge in [-0.15, -0.1) is 0 Å². The molecule has 0 radical (unpaired) electrons. The van der Waals surface area contributed by atoms with E-state index in [9.17, 15) is 4.79 Å². The van der Waals surface area contributed by atoms with E-state index in [1.54, 1.807) is 13.0 Å². The first kappa shape index (κ1) is 14.3. The van der Waals surface area contributed by atoms with Crippen LogP contribution in [0.1, 0.15) is 17.3 Å².